The maximum atomic E-state index is 11.8. The fraction of sp³-hybridized carbons (Fsp3) is 0.467. The number of hydrogen-bond acceptors (Lipinski definition) is 3. The Balaban J connectivity index is 2.57. The van der Waals surface area contributed by atoms with Gasteiger partial charge in [-0.05, 0) is 24.3 Å². The number of rotatable bonds is 4. The van der Waals surface area contributed by atoms with E-state index in [1.807, 2.05) is 20.8 Å². The molecule has 0 unspecified atom stereocenters. The van der Waals surface area contributed by atoms with Gasteiger partial charge in [-0.15, -0.1) is 0 Å². The topological polar surface area (TPSA) is 58.6 Å². The first-order valence-electron chi connectivity index (χ1n) is 6.44. The van der Waals surface area contributed by atoms with Crippen molar-refractivity contribution < 1.29 is 14.3 Å². The Bertz CT molecular complexity index is 473. The number of amides is 2. The van der Waals surface area contributed by atoms with Crippen LogP contribution in [-0.4, -0.2) is 37.4 Å². The van der Waals surface area contributed by atoms with E-state index in [0.717, 1.165) is 0 Å². The summed E-state index contributed by atoms with van der Waals surface area (Å²) in [6, 6.07) is 6.95. The van der Waals surface area contributed by atoms with E-state index in [1.165, 1.54) is 4.90 Å². The first-order chi connectivity index (χ1) is 9.20. The molecule has 5 nitrogen and oxygen atoms in total. The highest BCUT2D eigenvalue weighted by Crippen LogP contribution is 2.19. The smallest absolute Gasteiger partial charge is 0.259 e. The van der Waals surface area contributed by atoms with E-state index >= 15 is 0 Å². The summed E-state index contributed by atoms with van der Waals surface area (Å²) in [6.07, 6.45) is 0. The lowest BCUT2D eigenvalue weighted by Gasteiger charge is -2.17. The van der Waals surface area contributed by atoms with Crippen LogP contribution >= 0.6 is 0 Å². The molecule has 0 saturated heterocycles. The van der Waals surface area contributed by atoms with E-state index in [9.17, 15) is 9.59 Å². The van der Waals surface area contributed by atoms with Gasteiger partial charge in [-0.3, -0.25) is 9.59 Å². The Kier molecular flexibility index (Phi) is 5.13. The van der Waals surface area contributed by atoms with Gasteiger partial charge in [0.2, 0.25) is 5.91 Å². The summed E-state index contributed by atoms with van der Waals surface area (Å²) in [7, 11) is 3.35. The van der Waals surface area contributed by atoms with E-state index in [-0.39, 0.29) is 18.4 Å². The number of hydrogen-bond donors (Lipinski definition) is 1. The van der Waals surface area contributed by atoms with Gasteiger partial charge >= 0.3 is 0 Å². The molecule has 2 amide bonds. The molecule has 1 rings (SSSR count). The minimum absolute atomic E-state index is 0.000691. The van der Waals surface area contributed by atoms with Gasteiger partial charge in [0.25, 0.3) is 5.91 Å². The molecule has 0 radical (unpaired) electrons. The Morgan fingerprint density at radius 2 is 1.70 bits per heavy atom. The fourth-order valence-corrected chi connectivity index (χ4v) is 1.23. The number of carbonyl (C=O) groups excluding carboxylic acids is 2. The quantitative estimate of drug-likeness (QED) is 0.918. The average Bonchev–Trinajstić information content (AvgIpc) is 2.36. The van der Waals surface area contributed by atoms with Crippen LogP contribution in [0.3, 0.4) is 0 Å². The molecule has 0 saturated carbocycles. The number of ether oxygens (including phenoxy) is 1. The van der Waals surface area contributed by atoms with Crippen LogP contribution in [0, 0.1) is 5.41 Å². The van der Waals surface area contributed by atoms with Gasteiger partial charge in [0.15, 0.2) is 6.61 Å². The van der Waals surface area contributed by atoms with Crippen LogP contribution in [0.2, 0.25) is 0 Å². The van der Waals surface area contributed by atoms with E-state index in [4.69, 9.17) is 4.74 Å². The molecular formula is C15H22N2O3. The number of carbonyl (C=O) groups is 2. The van der Waals surface area contributed by atoms with Gasteiger partial charge in [-0.1, -0.05) is 20.8 Å². The van der Waals surface area contributed by atoms with Crippen LogP contribution in [0.4, 0.5) is 5.69 Å². The molecule has 0 aliphatic heterocycles. The molecule has 110 valence electrons. The first kappa shape index (κ1) is 16.0. The van der Waals surface area contributed by atoms with Crippen molar-refractivity contribution in [2.75, 3.05) is 26.0 Å². The van der Waals surface area contributed by atoms with Crippen LogP contribution in [0.1, 0.15) is 20.8 Å². The first-order valence-corrected chi connectivity index (χ1v) is 6.44. The number of nitrogens with one attached hydrogen (secondary N) is 1. The van der Waals surface area contributed by atoms with E-state index in [1.54, 1.807) is 38.4 Å². The van der Waals surface area contributed by atoms with Crippen LogP contribution < -0.4 is 10.1 Å². The summed E-state index contributed by atoms with van der Waals surface area (Å²) >= 11 is 0. The summed E-state index contributed by atoms with van der Waals surface area (Å²) in [4.78, 5) is 24.7. The maximum absolute atomic E-state index is 11.8. The molecule has 0 bridgehead atoms. The molecule has 1 N–H and O–H groups in total. The summed E-state index contributed by atoms with van der Waals surface area (Å²) < 4.78 is 5.35. The Hall–Kier alpha value is -2.04. The van der Waals surface area contributed by atoms with Crippen molar-refractivity contribution in [3.05, 3.63) is 24.3 Å². The zero-order chi connectivity index (χ0) is 15.3. The van der Waals surface area contributed by atoms with Gasteiger partial charge in [0, 0.05) is 25.2 Å². The monoisotopic (exact) mass is 278 g/mol. The zero-order valence-corrected chi connectivity index (χ0v) is 12.7. The molecule has 0 aromatic heterocycles. The molecule has 0 heterocycles. The highest BCUT2D eigenvalue weighted by Gasteiger charge is 2.21. The van der Waals surface area contributed by atoms with Crippen molar-refractivity contribution in [3.8, 4) is 5.75 Å². The van der Waals surface area contributed by atoms with Gasteiger partial charge in [0.1, 0.15) is 5.75 Å². The molecule has 0 atom stereocenters. The van der Waals surface area contributed by atoms with Crippen molar-refractivity contribution in [2.45, 2.75) is 20.8 Å². The number of nitrogens with zero attached hydrogens (tertiary/aromatic N) is 1. The number of anilines is 1. The van der Waals surface area contributed by atoms with Crippen molar-refractivity contribution in [1.82, 2.24) is 4.90 Å². The van der Waals surface area contributed by atoms with Gasteiger partial charge < -0.3 is 15.0 Å². The summed E-state index contributed by atoms with van der Waals surface area (Å²) in [5, 5.41) is 2.82. The molecule has 1 aromatic rings. The SMILES string of the molecule is CN(C)C(=O)COc1ccc(NC(=O)C(C)(C)C)cc1. The normalized spacial score (nSPS) is 10.8. The van der Waals surface area contributed by atoms with Crippen LogP contribution in [-0.2, 0) is 9.59 Å². The van der Waals surface area contributed by atoms with Gasteiger partial charge in [0.05, 0.1) is 0 Å². The van der Waals surface area contributed by atoms with Gasteiger partial charge in [-0.25, -0.2) is 0 Å². The second-order valence-corrected chi connectivity index (χ2v) is 5.81. The summed E-state index contributed by atoms with van der Waals surface area (Å²) in [6.45, 7) is 5.56. The highest BCUT2D eigenvalue weighted by atomic mass is 16.5. The van der Waals surface area contributed by atoms with Crippen LogP contribution in [0.15, 0.2) is 24.3 Å². The lowest BCUT2D eigenvalue weighted by atomic mass is 9.95. The maximum Gasteiger partial charge on any atom is 0.259 e. The minimum Gasteiger partial charge on any atom is -0.484 e. The van der Waals surface area contributed by atoms with Crippen molar-refractivity contribution in [1.29, 1.82) is 0 Å². The van der Waals surface area contributed by atoms with Crippen molar-refractivity contribution in [3.63, 3.8) is 0 Å². The second kappa shape index (κ2) is 6.41. The zero-order valence-electron chi connectivity index (χ0n) is 12.7. The minimum atomic E-state index is -0.437. The molecule has 0 aliphatic carbocycles. The van der Waals surface area contributed by atoms with E-state index < -0.39 is 5.41 Å². The molecule has 0 spiro atoms. The van der Waals surface area contributed by atoms with Gasteiger partial charge in [-0.2, -0.15) is 0 Å². The predicted molar refractivity (Wildman–Crippen MR) is 78.7 cm³/mol. The standard InChI is InChI=1S/C15H22N2O3/c1-15(2,3)14(19)16-11-6-8-12(9-7-11)20-10-13(18)17(4)5/h6-9H,10H2,1-5H3,(H,16,19). The van der Waals surface area contributed by atoms with Crippen molar-refractivity contribution in [2.24, 2.45) is 5.41 Å². The fourth-order valence-electron chi connectivity index (χ4n) is 1.23. The Morgan fingerprint density at radius 3 is 2.15 bits per heavy atom. The Labute approximate surface area is 119 Å². The molecule has 20 heavy (non-hydrogen) atoms. The predicted octanol–water partition coefficient (Wildman–Crippen LogP) is 2.14. The Morgan fingerprint density at radius 1 is 1.15 bits per heavy atom. The van der Waals surface area contributed by atoms with Crippen LogP contribution in [0.25, 0.3) is 0 Å². The van der Waals surface area contributed by atoms with Crippen molar-refractivity contribution >= 4 is 17.5 Å². The molecule has 5 heteroatoms. The average molecular weight is 278 g/mol. The molecule has 0 fully saturated rings. The third-order valence-corrected chi connectivity index (χ3v) is 2.65. The summed E-state index contributed by atoms with van der Waals surface area (Å²) in [5.41, 5.74) is 0.268. The molecular weight excluding hydrogens is 256 g/mol. The molecule has 1 aromatic carbocycles. The lowest BCUT2D eigenvalue weighted by Crippen LogP contribution is -2.28. The number of benzene rings is 1. The third kappa shape index (κ3) is 4.91. The largest absolute Gasteiger partial charge is 0.484 e. The molecule has 0 aliphatic rings. The van der Waals surface area contributed by atoms with E-state index in [0.29, 0.717) is 11.4 Å². The van der Waals surface area contributed by atoms with E-state index in [2.05, 4.69) is 5.32 Å². The van der Waals surface area contributed by atoms with Crippen LogP contribution in [0.5, 0.6) is 5.75 Å². The lowest BCUT2D eigenvalue weighted by molar-refractivity contribution is -0.130. The number of likely N-dealkylation sites (N-methyl/N-ethyl adjacent to an activating group) is 1. The third-order valence-electron chi connectivity index (χ3n) is 2.65. The highest BCUT2D eigenvalue weighted by molar-refractivity contribution is 5.94. The second-order valence-electron chi connectivity index (χ2n) is 5.81. The summed E-state index contributed by atoms with van der Waals surface area (Å²) in [5.74, 6) is 0.443.